The van der Waals surface area contributed by atoms with Gasteiger partial charge in [-0.05, 0) is 42.4 Å². The Balaban J connectivity index is 2.17. The van der Waals surface area contributed by atoms with Gasteiger partial charge < -0.3 is 5.32 Å². The maximum absolute atomic E-state index is 3.51. The van der Waals surface area contributed by atoms with Gasteiger partial charge in [-0.1, -0.05) is 44.2 Å². The Morgan fingerprint density at radius 2 is 2.00 bits per heavy atom. The predicted molar refractivity (Wildman–Crippen MR) is 74.9 cm³/mol. The lowest BCUT2D eigenvalue weighted by atomic mass is 9.91. The minimum Gasteiger partial charge on any atom is -0.310 e. The number of allylic oxidation sites excluding steroid dienone is 2. The SMILES string of the molecule is CC(C)NCc1ccccc1C1=CCCCC1. The number of rotatable bonds is 4. The van der Waals surface area contributed by atoms with E-state index in [9.17, 15) is 0 Å². The van der Waals surface area contributed by atoms with E-state index < -0.39 is 0 Å². The van der Waals surface area contributed by atoms with Crippen molar-refractivity contribution in [1.29, 1.82) is 0 Å². The molecule has 1 N–H and O–H groups in total. The van der Waals surface area contributed by atoms with Crippen molar-refractivity contribution in [2.24, 2.45) is 0 Å². The molecule has 0 aromatic heterocycles. The molecule has 0 radical (unpaired) electrons. The van der Waals surface area contributed by atoms with Crippen LogP contribution in [0.15, 0.2) is 30.3 Å². The number of benzene rings is 1. The fraction of sp³-hybridized carbons (Fsp3) is 0.500. The molecule has 0 bridgehead atoms. The second kappa shape index (κ2) is 6.02. The van der Waals surface area contributed by atoms with E-state index in [1.807, 2.05) is 0 Å². The maximum atomic E-state index is 3.51. The highest BCUT2D eigenvalue weighted by molar-refractivity contribution is 5.68. The molecule has 17 heavy (non-hydrogen) atoms. The van der Waals surface area contributed by atoms with Crippen LogP contribution in [0, 0.1) is 0 Å². The molecule has 1 aromatic carbocycles. The van der Waals surface area contributed by atoms with Gasteiger partial charge in [0, 0.05) is 12.6 Å². The van der Waals surface area contributed by atoms with Crippen molar-refractivity contribution in [3.05, 3.63) is 41.5 Å². The summed E-state index contributed by atoms with van der Waals surface area (Å²) < 4.78 is 0. The zero-order valence-corrected chi connectivity index (χ0v) is 11.0. The van der Waals surface area contributed by atoms with Crippen molar-refractivity contribution >= 4 is 5.57 Å². The summed E-state index contributed by atoms with van der Waals surface area (Å²) in [7, 11) is 0. The monoisotopic (exact) mass is 229 g/mol. The Kier molecular flexibility index (Phi) is 4.38. The van der Waals surface area contributed by atoms with E-state index in [0.29, 0.717) is 6.04 Å². The molecule has 1 nitrogen and oxygen atoms in total. The van der Waals surface area contributed by atoms with Gasteiger partial charge in [-0.3, -0.25) is 0 Å². The van der Waals surface area contributed by atoms with Gasteiger partial charge in [-0.2, -0.15) is 0 Å². The lowest BCUT2D eigenvalue weighted by molar-refractivity contribution is 0.588. The highest BCUT2D eigenvalue weighted by Crippen LogP contribution is 2.28. The summed E-state index contributed by atoms with van der Waals surface area (Å²) in [5.41, 5.74) is 4.45. The molecule has 0 saturated heterocycles. The Hall–Kier alpha value is -1.08. The van der Waals surface area contributed by atoms with Crippen molar-refractivity contribution in [2.75, 3.05) is 0 Å². The molecule has 1 aliphatic rings. The molecule has 0 aliphatic heterocycles. The van der Waals surface area contributed by atoms with Crippen molar-refractivity contribution in [3.63, 3.8) is 0 Å². The maximum Gasteiger partial charge on any atom is 0.0213 e. The van der Waals surface area contributed by atoms with Crippen LogP contribution in [-0.4, -0.2) is 6.04 Å². The summed E-state index contributed by atoms with van der Waals surface area (Å²) in [5.74, 6) is 0. The van der Waals surface area contributed by atoms with Crippen LogP contribution in [0.1, 0.15) is 50.7 Å². The molecule has 0 unspecified atom stereocenters. The van der Waals surface area contributed by atoms with E-state index in [4.69, 9.17) is 0 Å². The van der Waals surface area contributed by atoms with Crippen LogP contribution >= 0.6 is 0 Å². The third-order valence-electron chi connectivity index (χ3n) is 3.36. The summed E-state index contributed by atoms with van der Waals surface area (Å²) in [6.45, 7) is 5.37. The lowest BCUT2D eigenvalue weighted by Gasteiger charge is -2.17. The second-order valence-electron chi connectivity index (χ2n) is 5.17. The van der Waals surface area contributed by atoms with Crippen LogP contribution in [0.4, 0.5) is 0 Å². The van der Waals surface area contributed by atoms with Gasteiger partial charge in [0.05, 0.1) is 0 Å². The molecule has 1 heteroatoms. The van der Waals surface area contributed by atoms with Crippen LogP contribution < -0.4 is 5.32 Å². The van der Waals surface area contributed by atoms with Gasteiger partial charge in [0.25, 0.3) is 0 Å². The number of hydrogen-bond donors (Lipinski definition) is 1. The molecule has 0 spiro atoms. The van der Waals surface area contributed by atoms with Crippen LogP contribution in [0.5, 0.6) is 0 Å². The first-order chi connectivity index (χ1) is 8.27. The quantitative estimate of drug-likeness (QED) is 0.818. The number of nitrogens with one attached hydrogen (secondary N) is 1. The van der Waals surface area contributed by atoms with Crippen molar-refractivity contribution < 1.29 is 0 Å². The standard InChI is InChI=1S/C16H23N/c1-13(2)17-12-15-10-6-7-11-16(15)14-8-4-3-5-9-14/h6-8,10-11,13,17H,3-5,9,12H2,1-2H3. The van der Waals surface area contributed by atoms with Gasteiger partial charge in [0.1, 0.15) is 0 Å². The third-order valence-corrected chi connectivity index (χ3v) is 3.36. The molecule has 0 fully saturated rings. The Morgan fingerprint density at radius 3 is 2.71 bits per heavy atom. The molecule has 1 aliphatic carbocycles. The first-order valence-corrected chi connectivity index (χ1v) is 6.78. The first kappa shape index (κ1) is 12.4. The van der Waals surface area contributed by atoms with Crippen LogP contribution in [0.2, 0.25) is 0 Å². The smallest absolute Gasteiger partial charge is 0.0213 e. The Bertz CT molecular complexity index is 390. The van der Waals surface area contributed by atoms with Crippen molar-refractivity contribution in [1.82, 2.24) is 5.32 Å². The first-order valence-electron chi connectivity index (χ1n) is 6.78. The van der Waals surface area contributed by atoms with Crippen LogP contribution in [0.25, 0.3) is 5.57 Å². The lowest BCUT2D eigenvalue weighted by Crippen LogP contribution is -2.22. The second-order valence-corrected chi connectivity index (χ2v) is 5.17. The largest absolute Gasteiger partial charge is 0.310 e. The molecule has 1 aromatic rings. The van der Waals surface area contributed by atoms with Gasteiger partial charge in [0.2, 0.25) is 0 Å². The number of hydrogen-bond acceptors (Lipinski definition) is 1. The van der Waals surface area contributed by atoms with Crippen LogP contribution in [-0.2, 0) is 6.54 Å². The molecule has 92 valence electrons. The topological polar surface area (TPSA) is 12.0 Å². The minimum atomic E-state index is 0.545. The predicted octanol–water partition coefficient (Wildman–Crippen LogP) is 4.14. The molecular formula is C16H23N. The normalized spacial score (nSPS) is 16.1. The summed E-state index contributed by atoms with van der Waals surface area (Å²) in [6, 6.07) is 9.37. The summed E-state index contributed by atoms with van der Waals surface area (Å²) in [4.78, 5) is 0. The van der Waals surface area contributed by atoms with E-state index in [2.05, 4.69) is 49.5 Å². The molecular weight excluding hydrogens is 206 g/mol. The van der Waals surface area contributed by atoms with Crippen molar-refractivity contribution in [3.8, 4) is 0 Å². The summed E-state index contributed by atoms with van der Waals surface area (Å²) in [5, 5.41) is 3.51. The van der Waals surface area contributed by atoms with Gasteiger partial charge >= 0.3 is 0 Å². The average Bonchev–Trinajstić information content (AvgIpc) is 2.38. The fourth-order valence-corrected chi connectivity index (χ4v) is 2.38. The Morgan fingerprint density at radius 1 is 1.18 bits per heavy atom. The van der Waals surface area contributed by atoms with E-state index in [1.54, 1.807) is 5.57 Å². The van der Waals surface area contributed by atoms with Gasteiger partial charge in [-0.15, -0.1) is 0 Å². The summed E-state index contributed by atoms with van der Waals surface area (Å²) in [6.07, 6.45) is 7.63. The molecule has 0 atom stereocenters. The van der Waals surface area contributed by atoms with Gasteiger partial charge in [0.15, 0.2) is 0 Å². The molecule has 0 saturated carbocycles. The highest BCUT2D eigenvalue weighted by atomic mass is 14.9. The van der Waals surface area contributed by atoms with E-state index in [-0.39, 0.29) is 0 Å². The van der Waals surface area contributed by atoms with E-state index >= 15 is 0 Å². The zero-order chi connectivity index (χ0) is 12.1. The molecule has 0 amide bonds. The van der Waals surface area contributed by atoms with Crippen molar-refractivity contribution in [2.45, 2.75) is 52.1 Å². The van der Waals surface area contributed by atoms with Crippen LogP contribution in [0.3, 0.4) is 0 Å². The minimum absolute atomic E-state index is 0.545. The molecule has 2 rings (SSSR count). The zero-order valence-electron chi connectivity index (χ0n) is 11.0. The molecule has 0 heterocycles. The highest BCUT2D eigenvalue weighted by Gasteiger charge is 2.10. The Labute approximate surface area is 105 Å². The fourth-order valence-electron chi connectivity index (χ4n) is 2.38. The van der Waals surface area contributed by atoms with Gasteiger partial charge in [-0.25, -0.2) is 0 Å². The summed E-state index contributed by atoms with van der Waals surface area (Å²) >= 11 is 0. The third kappa shape index (κ3) is 3.44. The average molecular weight is 229 g/mol. The van der Waals surface area contributed by atoms with E-state index in [1.165, 1.54) is 36.8 Å². The van der Waals surface area contributed by atoms with E-state index in [0.717, 1.165) is 6.54 Å².